The molecule has 102 valence electrons. The molecule has 0 aliphatic heterocycles. The fraction of sp³-hybridized carbons (Fsp3) is 0.133. The Kier molecular flexibility index (Phi) is 4.97. The van der Waals surface area contributed by atoms with Gasteiger partial charge < -0.3 is 4.74 Å². The zero-order valence-electron chi connectivity index (χ0n) is 11.1. The van der Waals surface area contributed by atoms with Crippen LogP contribution in [0.15, 0.2) is 60.0 Å². The first-order valence-corrected chi connectivity index (χ1v) is 6.12. The number of carbonyl (C=O) groups excluding carboxylic acids is 1. The van der Waals surface area contributed by atoms with E-state index >= 15 is 0 Å². The van der Waals surface area contributed by atoms with Crippen molar-refractivity contribution in [2.24, 2.45) is 5.10 Å². The molecular weight excluding hydrogens is 254 g/mol. The summed E-state index contributed by atoms with van der Waals surface area (Å²) in [5.74, 6) is -0.316. The molecule has 0 saturated carbocycles. The molecule has 0 fully saturated rings. The molecule has 1 atom stereocenters. The number of nitrogens with zero attached hydrogens (tertiary/aromatic N) is 2. The summed E-state index contributed by atoms with van der Waals surface area (Å²) in [6, 6.07) is 12.8. The second-order valence-corrected chi connectivity index (χ2v) is 4.04. The van der Waals surface area contributed by atoms with Crippen LogP contribution in [0.5, 0.6) is 0 Å². The minimum Gasteiger partial charge on any atom is -0.367 e. The smallest absolute Gasteiger partial charge is 0.273 e. The number of benzene rings is 1. The van der Waals surface area contributed by atoms with E-state index in [4.69, 9.17) is 4.74 Å². The Labute approximate surface area is 117 Å². The van der Waals surface area contributed by atoms with Gasteiger partial charge in [0.05, 0.1) is 6.21 Å². The van der Waals surface area contributed by atoms with Crippen molar-refractivity contribution in [2.45, 2.75) is 6.10 Å². The number of aromatic nitrogens is 1. The summed E-state index contributed by atoms with van der Waals surface area (Å²) < 4.78 is 5.20. The number of hydrazone groups is 1. The quantitative estimate of drug-likeness (QED) is 0.666. The minimum absolute atomic E-state index is 0.316. The Bertz CT molecular complexity index is 570. The Morgan fingerprint density at radius 3 is 2.60 bits per heavy atom. The van der Waals surface area contributed by atoms with Crippen LogP contribution in [0.25, 0.3) is 0 Å². The summed E-state index contributed by atoms with van der Waals surface area (Å²) >= 11 is 0. The first-order valence-electron chi connectivity index (χ1n) is 6.12. The highest BCUT2D eigenvalue weighted by molar-refractivity contribution is 5.85. The van der Waals surface area contributed by atoms with E-state index in [0.717, 1.165) is 11.1 Å². The van der Waals surface area contributed by atoms with Gasteiger partial charge >= 0.3 is 0 Å². The molecule has 2 aromatic rings. The molecule has 5 nitrogen and oxygen atoms in total. The van der Waals surface area contributed by atoms with Crippen LogP contribution in [-0.2, 0) is 9.53 Å². The zero-order valence-corrected chi connectivity index (χ0v) is 11.1. The van der Waals surface area contributed by atoms with Gasteiger partial charge in [-0.05, 0) is 23.3 Å². The summed E-state index contributed by atoms with van der Waals surface area (Å²) in [7, 11) is 1.49. The second kappa shape index (κ2) is 7.16. The van der Waals surface area contributed by atoms with Crippen LogP contribution in [0.4, 0.5) is 0 Å². The minimum atomic E-state index is -0.675. The molecule has 1 heterocycles. The van der Waals surface area contributed by atoms with Crippen molar-refractivity contribution < 1.29 is 9.53 Å². The normalized spacial score (nSPS) is 12.2. The van der Waals surface area contributed by atoms with E-state index in [0.29, 0.717) is 0 Å². The maximum absolute atomic E-state index is 12.0. The molecule has 0 aliphatic rings. The molecule has 0 spiro atoms. The van der Waals surface area contributed by atoms with Crippen molar-refractivity contribution in [1.82, 2.24) is 10.4 Å². The average Bonchev–Trinajstić information content (AvgIpc) is 2.50. The molecule has 0 saturated heterocycles. The largest absolute Gasteiger partial charge is 0.367 e. The predicted molar refractivity (Wildman–Crippen MR) is 76.2 cm³/mol. The number of amides is 1. The molecular formula is C15H15N3O2. The maximum Gasteiger partial charge on any atom is 0.273 e. The van der Waals surface area contributed by atoms with Crippen molar-refractivity contribution in [1.29, 1.82) is 0 Å². The molecule has 2 rings (SSSR count). The van der Waals surface area contributed by atoms with E-state index in [1.807, 2.05) is 30.3 Å². The van der Waals surface area contributed by atoms with Gasteiger partial charge in [-0.1, -0.05) is 30.3 Å². The van der Waals surface area contributed by atoms with Crippen LogP contribution in [0.1, 0.15) is 17.2 Å². The third-order valence-electron chi connectivity index (χ3n) is 2.67. The Balaban J connectivity index is 1.99. The lowest BCUT2D eigenvalue weighted by Gasteiger charge is -2.13. The van der Waals surface area contributed by atoms with Crippen molar-refractivity contribution in [2.75, 3.05) is 7.11 Å². The molecule has 1 unspecified atom stereocenters. The molecule has 1 N–H and O–H groups in total. The highest BCUT2D eigenvalue weighted by atomic mass is 16.5. The van der Waals surface area contributed by atoms with E-state index in [2.05, 4.69) is 15.5 Å². The predicted octanol–water partition coefficient (Wildman–Crippen LogP) is 1.92. The Hall–Kier alpha value is -2.53. The standard InChI is InChI=1S/C15H15N3O2/c1-20-14(13-5-3-2-4-6-13)15(19)18-17-11-12-7-9-16-10-8-12/h2-11,14H,1H3,(H,18,19)/b17-11+. The van der Waals surface area contributed by atoms with Crippen molar-refractivity contribution in [3.8, 4) is 0 Å². The third-order valence-corrected chi connectivity index (χ3v) is 2.67. The summed E-state index contributed by atoms with van der Waals surface area (Å²) in [4.78, 5) is 15.9. The lowest BCUT2D eigenvalue weighted by atomic mass is 10.1. The van der Waals surface area contributed by atoms with Gasteiger partial charge in [-0.3, -0.25) is 9.78 Å². The van der Waals surface area contributed by atoms with E-state index in [-0.39, 0.29) is 5.91 Å². The molecule has 5 heteroatoms. The van der Waals surface area contributed by atoms with Crippen LogP contribution >= 0.6 is 0 Å². The molecule has 1 amide bonds. The summed E-state index contributed by atoms with van der Waals surface area (Å²) in [5.41, 5.74) is 4.11. The molecule has 20 heavy (non-hydrogen) atoms. The summed E-state index contributed by atoms with van der Waals surface area (Å²) in [6.07, 6.45) is 4.19. The fourth-order valence-electron chi connectivity index (χ4n) is 1.70. The fourth-order valence-corrected chi connectivity index (χ4v) is 1.70. The number of nitrogens with one attached hydrogen (secondary N) is 1. The number of rotatable bonds is 5. The van der Waals surface area contributed by atoms with Crippen LogP contribution < -0.4 is 5.43 Å². The highest BCUT2D eigenvalue weighted by Crippen LogP contribution is 2.15. The molecule has 0 aliphatic carbocycles. The summed E-state index contributed by atoms with van der Waals surface area (Å²) in [6.45, 7) is 0. The Morgan fingerprint density at radius 2 is 1.95 bits per heavy atom. The first kappa shape index (κ1) is 13.9. The van der Waals surface area contributed by atoms with Crippen LogP contribution in [0.2, 0.25) is 0 Å². The number of carbonyl (C=O) groups is 1. The van der Waals surface area contributed by atoms with Gasteiger partial charge in [-0.15, -0.1) is 0 Å². The Morgan fingerprint density at radius 1 is 1.25 bits per heavy atom. The van der Waals surface area contributed by atoms with Crippen molar-refractivity contribution in [3.05, 3.63) is 66.0 Å². The summed E-state index contributed by atoms with van der Waals surface area (Å²) in [5, 5.41) is 3.90. The zero-order chi connectivity index (χ0) is 14.2. The lowest BCUT2D eigenvalue weighted by Crippen LogP contribution is -2.26. The van der Waals surface area contributed by atoms with Crippen molar-refractivity contribution >= 4 is 12.1 Å². The van der Waals surface area contributed by atoms with Crippen LogP contribution in [-0.4, -0.2) is 24.2 Å². The van der Waals surface area contributed by atoms with Gasteiger partial charge in [0.15, 0.2) is 6.10 Å². The number of pyridine rings is 1. The van der Waals surface area contributed by atoms with Crippen LogP contribution in [0.3, 0.4) is 0 Å². The SMILES string of the molecule is COC(C(=O)N/N=C/c1ccncc1)c1ccccc1. The maximum atomic E-state index is 12.0. The van der Waals surface area contributed by atoms with E-state index in [1.165, 1.54) is 7.11 Å². The topological polar surface area (TPSA) is 63.6 Å². The third kappa shape index (κ3) is 3.73. The van der Waals surface area contributed by atoms with Gasteiger partial charge in [-0.25, -0.2) is 5.43 Å². The average molecular weight is 269 g/mol. The van der Waals surface area contributed by atoms with Gasteiger partial charge in [0.1, 0.15) is 0 Å². The van der Waals surface area contributed by atoms with Gasteiger partial charge in [0.2, 0.25) is 0 Å². The number of hydrogen-bond donors (Lipinski definition) is 1. The first-order chi connectivity index (χ1) is 9.81. The second-order valence-electron chi connectivity index (χ2n) is 4.04. The van der Waals surface area contributed by atoms with E-state index < -0.39 is 6.10 Å². The monoisotopic (exact) mass is 269 g/mol. The number of methoxy groups -OCH3 is 1. The number of hydrogen-bond acceptors (Lipinski definition) is 4. The highest BCUT2D eigenvalue weighted by Gasteiger charge is 2.18. The number of ether oxygens (including phenoxy) is 1. The molecule has 0 bridgehead atoms. The molecule has 1 aromatic heterocycles. The lowest BCUT2D eigenvalue weighted by molar-refractivity contribution is -0.131. The van der Waals surface area contributed by atoms with Crippen LogP contribution in [0, 0.1) is 0 Å². The van der Waals surface area contributed by atoms with Gasteiger partial charge in [0, 0.05) is 19.5 Å². The van der Waals surface area contributed by atoms with E-state index in [1.54, 1.807) is 30.7 Å². The molecule has 0 radical (unpaired) electrons. The van der Waals surface area contributed by atoms with Gasteiger partial charge in [0.25, 0.3) is 5.91 Å². The van der Waals surface area contributed by atoms with Crippen molar-refractivity contribution in [3.63, 3.8) is 0 Å². The molecule has 1 aromatic carbocycles. The van der Waals surface area contributed by atoms with Gasteiger partial charge in [-0.2, -0.15) is 5.10 Å². The van der Waals surface area contributed by atoms with E-state index in [9.17, 15) is 4.79 Å².